The van der Waals surface area contributed by atoms with Gasteiger partial charge in [-0.05, 0) is 54.7 Å². The van der Waals surface area contributed by atoms with Gasteiger partial charge < -0.3 is 35.0 Å². The molecule has 0 unspecified atom stereocenters. The van der Waals surface area contributed by atoms with Gasteiger partial charge in [0.2, 0.25) is 17.7 Å². The zero-order valence-electron chi connectivity index (χ0n) is 26.8. The average molecular weight is 658 g/mol. The first-order chi connectivity index (χ1) is 23.4. The Bertz CT molecular complexity index is 1560. The zero-order chi connectivity index (χ0) is 33.5. The van der Waals surface area contributed by atoms with Crippen molar-refractivity contribution in [2.75, 3.05) is 36.5 Å². The number of hydroxylamine groups is 1. The zero-order valence-corrected chi connectivity index (χ0v) is 26.8. The van der Waals surface area contributed by atoms with Gasteiger partial charge >= 0.3 is 0 Å². The van der Waals surface area contributed by atoms with Crippen LogP contribution in [0.2, 0.25) is 0 Å². The van der Waals surface area contributed by atoms with Crippen molar-refractivity contribution in [1.82, 2.24) is 15.7 Å². The molecule has 3 aromatic rings. The van der Waals surface area contributed by atoms with Gasteiger partial charge in [-0.15, -0.1) is 0 Å². The number of piperidine rings is 1. The fourth-order valence-electron chi connectivity index (χ4n) is 6.91. The predicted molar refractivity (Wildman–Crippen MR) is 178 cm³/mol. The van der Waals surface area contributed by atoms with Gasteiger partial charge in [0.1, 0.15) is 5.54 Å². The molecule has 5 N–H and O–H groups in total. The summed E-state index contributed by atoms with van der Waals surface area (Å²) in [6.07, 6.45) is 1.40. The van der Waals surface area contributed by atoms with Crippen LogP contribution in [0.25, 0.3) is 0 Å². The molecule has 0 saturated carbocycles. The van der Waals surface area contributed by atoms with Gasteiger partial charge in [-0.25, -0.2) is 5.48 Å². The Balaban J connectivity index is 1.14. The van der Waals surface area contributed by atoms with E-state index in [0.717, 1.165) is 35.5 Å². The summed E-state index contributed by atoms with van der Waals surface area (Å²) in [6, 6.07) is 25.2. The van der Waals surface area contributed by atoms with Crippen LogP contribution in [-0.2, 0) is 30.5 Å². The standard InChI is InChI=1S/C36H43N5O7/c42-23-25-12-14-26(15-13-25)31-21-30(22-40-18-16-36(17-19-40)35(45)37-24-41(36)29-8-2-1-3-9-29)47-34(48-31)27-6-4-7-28(20-27)38-32(43)10-5-11-33(44)39-46/h1-4,6-9,12-15,20,30-31,34,42,46H,5,10-11,16-19,21-24H2,(H,37,45)(H,38,43)(H,39,44)/t30-,31+,34+/m0/s1. The smallest absolute Gasteiger partial charge is 0.247 e. The fraction of sp³-hybridized carbons (Fsp3) is 0.417. The number of nitrogens with one attached hydrogen (secondary N) is 3. The number of amides is 3. The van der Waals surface area contributed by atoms with E-state index < -0.39 is 17.7 Å². The molecule has 3 atom stereocenters. The molecule has 0 aromatic heterocycles. The number of carbonyl (C=O) groups excluding carboxylic acids is 3. The summed E-state index contributed by atoms with van der Waals surface area (Å²) in [7, 11) is 0. The molecule has 3 heterocycles. The molecule has 3 aliphatic heterocycles. The highest BCUT2D eigenvalue weighted by molar-refractivity contribution is 5.93. The highest BCUT2D eigenvalue weighted by atomic mass is 16.7. The van der Waals surface area contributed by atoms with Crippen LogP contribution in [0.4, 0.5) is 11.4 Å². The molecule has 3 saturated heterocycles. The Morgan fingerprint density at radius 2 is 1.67 bits per heavy atom. The second-order valence-electron chi connectivity index (χ2n) is 12.7. The first-order valence-electron chi connectivity index (χ1n) is 16.5. The third-order valence-corrected chi connectivity index (χ3v) is 9.54. The molecule has 0 bridgehead atoms. The average Bonchev–Trinajstić information content (AvgIpc) is 3.43. The molecule has 0 radical (unpaired) electrons. The number of aliphatic hydroxyl groups excluding tert-OH is 1. The van der Waals surface area contributed by atoms with E-state index >= 15 is 0 Å². The minimum atomic E-state index is -0.693. The molecular weight excluding hydrogens is 614 g/mol. The van der Waals surface area contributed by atoms with Crippen molar-refractivity contribution in [3.63, 3.8) is 0 Å². The van der Waals surface area contributed by atoms with Crippen molar-refractivity contribution in [3.05, 3.63) is 95.6 Å². The van der Waals surface area contributed by atoms with Crippen LogP contribution >= 0.6 is 0 Å². The summed E-state index contributed by atoms with van der Waals surface area (Å²) in [4.78, 5) is 41.6. The lowest BCUT2D eigenvalue weighted by atomic mass is 9.85. The molecule has 3 aliphatic rings. The number of ether oxygens (including phenoxy) is 2. The van der Waals surface area contributed by atoms with E-state index in [4.69, 9.17) is 14.7 Å². The van der Waals surface area contributed by atoms with Gasteiger partial charge in [-0.3, -0.25) is 19.6 Å². The Kier molecular flexibility index (Phi) is 10.7. The molecule has 3 amide bonds. The molecule has 1 spiro atoms. The van der Waals surface area contributed by atoms with Crippen LogP contribution in [0.3, 0.4) is 0 Å². The van der Waals surface area contributed by atoms with E-state index in [1.165, 1.54) is 0 Å². The van der Waals surface area contributed by atoms with Crippen LogP contribution in [0, 0.1) is 0 Å². The maximum Gasteiger partial charge on any atom is 0.247 e. The van der Waals surface area contributed by atoms with Gasteiger partial charge in [0, 0.05) is 55.8 Å². The number of likely N-dealkylation sites (tertiary alicyclic amines) is 1. The fourth-order valence-corrected chi connectivity index (χ4v) is 6.91. The highest BCUT2D eigenvalue weighted by Crippen LogP contribution is 2.40. The lowest BCUT2D eigenvalue weighted by Crippen LogP contribution is -2.57. The molecule has 0 aliphatic carbocycles. The largest absolute Gasteiger partial charge is 0.392 e. The third kappa shape index (κ3) is 7.69. The number of hydrogen-bond acceptors (Lipinski definition) is 9. The Labute approximate surface area is 280 Å². The number of para-hydroxylation sites is 1. The van der Waals surface area contributed by atoms with Gasteiger partial charge in [0.15, 0.2) is 6.29 Å². The summed E-state index contributed by atoms with van der Waals surface area (Å²) in [5.41, 5.74) is 5.20. The minimum absolute atomic E-state index is 0.0382. The number of nitrogens with zero attached hydrogens (tertiary/aromatic N) is 2. The van der Waals surface area contributed by atoms with Crippen LogP contribution in [-0.4, -0.2) is 70.9 Å². The van der Waals surface area contributed by atoms with Crippen molar-refractivity contribution in [3.8, 4) is 0 Å². The monoisotopic (exact) mass is 657 g/mol. The molecule has 12 heteroatoms. The molecule has 6 rings (SSSR count). The summed E-state index contributed by atoms with van der Waals surface area (Å²) in [5, 5.41) is 24.2. The molecule has 3 fully saturated rings. The number of hydrogen-bond donors (Lipinski definition) is 5. The molecule has 12 nitrogen and oxygen atoms in total. The summed E-state index contributed by atoms with van der Waals surface area (Å²) in [5.74, 6) is -0.691. The predicted octanol–water partition coefficient (Wildman–Crippen LogP) is 3.77. The first kappa shape index (κ1) is 33.6. The number of benzene rings is 3. The number of aliphatic hydroxyl groups is 1. The lowest BCUT2D eigenvalue weighted by Gasteiger charge is -2.45. The van der Waals surface area contributed by atoms with Crippen LogP contribution in [0.1, 0.15) is 67.6 Å². The van der Waals surface area contributed by atoms with Crippen LogP contribution in [0.15, 0.2) is 78.9 Å². The Morgan fingerprint density at radius 3 is 2.40 bits per heavy atom. The van der Waals surface area contributed by atoms with Crippen molar-refractivity contribution < 1.29 is 34.2 Å². The summed E-state index contributed by atoms with van der Waals surface area (Å²) >= 11 is 0. The van der Waals surface area contributed by atoms with E-state index in [9.17, 15) is 19.5 Å². The SMILES string of the molecule is O=C(CCCC(=O)Nc1cccc([C@@H]2O[C@H](CN3CCC4(CC3)C(=O)NCN4c3ccccc3)C[C@H](c3ccc(CO)cc3)O2)c1)NO. The van der Waals surface area contributed by atoms with E-state index in [1.807, 2.05) is 60.7 Å². The van der Waals surface area contributed by atoms with E-state index in [-0.39, 0.29) is 43.5 Å². The Hall–Kier alpha value is -4.33. The molecule has 48 heavy (non-hydrogen) atoms. The van der Waals surface area contributed by atoms with Crippen molar-refractivity contribution in [2.24, 2.45) is 0 Å². The molecule has 3 aromatic carbocycles. The number of anilines is 2. The topological polar surface area (TPSA) is 153 Å². The van der Waals surface area contributed by atoms with E-state index in [2.05, 4.69) is 32.6 Å². The number of carbonyl (C=O) groups is 3. The lowest BCUT2D eigenvalue weighted by molar-refractivity contribution is -0.253. The van der Waals surface area contributed by atoms with Gasteiger partial charge in [0.05, 0.1) is 25.5 Å². The number of rotatable bonds is 11. The highest BCUT2D eigenvalue weighted by Gasteiger charge is 2.50. The van der Waals surface area contributed by atoms with Crippen molar-refractivity contribution >= 4 is 29.1 Å². The summed E-state index contributed by atoms with van der Waals surface area (Å²) < 4.78 is 13.1. The summed E-state index contributed by atoms with van der Waals surface area (Å²) in [6.45, 7) is 2.64. The minimum Gasteiger partial charge on any atom is -0.392 e. The van der Waals surface area contributed by atoms with Crippen molar-refractivity contribution in [2.45, 2.75) is 69.2 Å². The maximum atomic E-state index is 13.2. The molecule has 254 valence electrons. The third-order valence-electron chi connectivity index (χ3n) is 9.54. The quantitative estimate of drug-likeness (QED) is 0.153. The normalized spacial score (nSPS) is 22.3. The van der Waals surface area contributed by atoms with Gasteiger partial charge in [-0.2, -0.15) is 0 Å². The second kappa shape index (κ2) is 15.3. The van der Waals surface area contributed by atoms with Crippen molar-refractivity contribution in [1.29, 1.82) is 0 Å². The van der Waals surface area contributed by atoms with Crippen LogP contribution < -0.4 is 21.0 Å². The first-order valence-corrected chi connectivity index (χ1v) is 16.5. The van der Waals surface area contributed by atoms with Crippen LogP contribution in [0.5, 0.6) is 0 Å². The van der Waals surface area contributed by atoms with Gasteiger partial charge in [-0.1, -0.05) is 54.6 Å². The maximum absolute atomic E-state index is 13.2. The Morgan fingerprint density at radius 1 is 0.917 bits per heavy atom. The van der Waals surface area contributed by atoms with E-state index in [0.29, 0.717) is 44.6 Å². The van der Waals surface area contributed by atoms with E-state index in [1.54, 1.807) is 11.5 Å². The second-order valence-corrected chi connectivity index (χ2v) is 12.7. The van der Waals surface area contributed by atoms with Gasteiger partial charge in [0.25, 0.3) is 0 Å². The molecular formula is C36H43N5O7.